The topological polar surface area (TPSA) is 59.8 Å². The number of thioether (sulfide) groups is 1. The van der Waals surface area contributed by atoms with E-state index in [0.29, 0.717) is 12.1 Å². The fraction of sp³-hybridized carbons (Fsp3) is 0.211. The van der Waals surface area contributed by atoms with Gasteiger partial charge < -0.3 is 5.32 Å². The molecule has 2 aromatic heterocycles. The third-order valence-electron chi connectivity index (χ3n) is 3.74. The molecule has 0 bridgehead atoms. The molecule has 0 saturated heterocycles. The van der Waals surface area contributed by atoms with Gasteiger partial charge in [-0.3, -0.25) is 14.5 Å². The zero-order chi connectivity index (χ0) is 17.6. The number of benzene rings is 1. The van der Waals surface area contributed by atoms with Crippen molar-refractivity contribution in [1.82, 2.24) is 20.1 Å². The Morgan fingerprint density at radius 2 is 2.08 bits per heavy atom. The maximum atomic E-state index is 12.6. The number of aryl methyl sites for hydroxylation is 1. The first-order valence-electron chi connectivity index (χ1n) is 8.12. The van der Waals surface area contributed by atoms with Crippen LogP contribution in [0.4, 0.5) is 0 Å². The molecule has 0 unspecified atom stereocenters. The van der Waals surface area contributed by atoms with Crippen molar-refractivity contribution in [2.45, 2.75) is 18.4 Å². The summed E-state index contributed by atoms with van der Waals surface area (Å²) in [6.45, 7) is 2.50. The van der Waals surface area contributed by atoms with Gasteiger partial charge in [-0.25, -0.2) is 0 Å². The van der Waals surface area contributed by atoms with Crippen LogP contribution >= 0.6 is 11.8 Å². The van der Waals surface area contributed by atoms with Crippen LogP contribution in [0.25, 0.3) is 11.3 Å². The van der Waals surface area contributed by atoms with E-state index in [2.05, 4.69) is 22.3 Å². The van der Waals surface area contributed by atoms with Gasteiger partial charge >= 0.3 is 0 Å². The molecule has 1 aromatic carbocycles. The molecular formula is C19H20N4OS. The lowest BCUT2D eigenvalue weighted by Gasteiger charge is -2.11. The second-order valence-electron chi connectivity index (χ2n) is 5.53. The second kappa shape index (κ2) is 7.98. The maximum Gasteiger partial charge on any atom is 0.252 e. The van der Waals surface area contributed by atoms with E-state index in [1.54, 1.807) is 28.8 Å². The molecule has 0 aliphatic heterocycles. The largest absolute Gasteiger partial charge is 0.348 e. The summed E-state index contributed by atoms with van der Waals surface area (Å²) in [4.78, 5) is 18.1. The first-order valence-corrected chi connectivity index (χ1v) is 9.10. The van der Waals surface area contributed by atoms with Crippen molar-refractivity contribution in [3.63, 3.8) is 0 Å². The summed E-state index contributed by atoms with van der Waals surface area (Å²) >= 11 is 1.67. The molecule has 0 aliphatic rings. The lowest BCUT2D eigenvalue weighted by Crippen LogP contribution is -2.23. The number of carbonyl (C=O) groups excluding carboxylic acids is 1. The van der Waals surface area contributed by atoms with Crippen LogP contribution in [0.3, 0.4) is 0 Å². The zero-order valence-corrected chi connectivity index (χ0v) is 15.1. The van der Waals surface area contributed by atoms with Crippen LogP contribution in [-0.4, -0.2) is 26.4 Å². The van der Waals surface area contributed by atoms with Crippen LogP contribution in [0.5, 0.6) is 0 Å². The number of pyridine rings is 1. The molecule has 5 nitrogen and oxygen atoms in total. The lowest BCUT2D eigenvalue weighted by atomic mass is 10.1. The van der Waals surface area contributed by atoms with Crippen molar-refractivity contribution in [1.29, 1.82) is 0 Å². The summed E-state index contributed by atoms with van der Waals surface area (Å²) in [6.07, 6.45) is 5.45. The van der Waals surface area contributed by atoms with Crippen LogP contribution in [0, 0.1) is 0 Å². The Morgan fingerprint density at radius 1 is 1.24 bits per heavy atom. The highest BCUT2D eigenvalue weighted by Gasteiger charge is 2.13. The second-order valence-corrected chi connectivity index (χ2v) is 6.83. The number of aromatic nitrogens is 3. The van der Waals surface area contributed by atoms with Gasteiger partial charge in [0.25, 0.3) is 5.91 Å². The van der Waals surface area contributed by atoms with Crippen molar-refractivity contribution in [2.75, 3.05) is 5.75 Å². The minimum Gasteiger partial charge on any atom is -0.348 e. The fourth-order valence-electron chi connectivity index (χ4n) is 2.59. The van der Waals surface area contributed by atoms with Crippen molar-refractivity contribution in [3.05, 3.63) is 66.1 Å². The minimum atomic E-state index is -0.0717. The summed E-state index contributed by atoms with van der Waals surface area (Å²) < 4.78 is 1.74. The van der Waals surface area contributed by atoms with Gasteiger partial charge in [0.15, 0.2) is 0 Å². The maximum absolute atomic E-state index is 12.6. The Hall–Kier alpha value is -2.60. The Kier molecular flexibility index (Phi) is 5.50. The van der Waals surface area contributed by atoms with Crippen LogP contribution in [0.15, 0.2) is 59.9 Å². The lowest BCUT2D eigenvalue weighted by molar-refractivity contribution is 0.0948. The van der Waals surface area contributed by atoms with Crippen LogP contribution in [-0.2, 0) is 13.6 Å². The van der Waals surface area contributed by atoms with E-state index in [1.165, 1.54) is 0 Å². The zero-order valence-electron chi connectivity index (χ0n) is 14.3. The minimum absolute atomic E-state index is 0.0717. The summed E-state index contributed by atoms with van der Waals surface area (Å²) in [5, 5.41) is 7.21. The van der Waals surface area contributed by atoms with Crippen molar-refractivity contribution >= 4 is 17.7 Å². The van der Waals surface area contributed by atoms with Gasteiger partial charge in [0.2, 0.25) is 0 Å². The summed E-state index contributed by atoms with van der Waals surface area (Å²) in [5.41, 5.74) is 3.45. The molecule has 1 amide bonds. The number of nitrogens with zero attached hydrogens (tertiary/aromatic N) is 3. The van der Waals surface area contributed by atoms with Gasteiger partial charge in [-0.05, 0) is 29.5 Å². The van der Waals surface area contributed by atoms with Crippen molar-refractivity contribution in [3.8, 4) is 11.3 Å². The molecule has 3 rings (SSSR count). The molecule has 128 valence electrons. The van der Waals surface area contributed by atoms with E-state index in [4.69, 9.17) is 0 Å². The molecule has 25 heavy (non-hydrogen) atoms. The molecule has 0 spiro atoms. The standard InChI is InChI=1S/C19H20N4OS/c1-3-25-17-9-5-4-8-16(17)19(24)21-11-14-7-6-10-20-18(14)15-12-22-23(2)13-15/h4-10,12-13H,3,11H2,1-2H3,(H,21,24). The van der Waals surface area contributed by atoms with E-state index in [9.17, 15) is 4.79 Å². The molecule has 0 fully saturated rings. The third-order valence-corrected chi connectivity index (χ3v) is 4.70. The molecule has 0 atom stereocenters. The van der Waals surface area contributed by atoms with Gasteiger partial charge in [0.1, 0.15) is 0 Å². The number of nitrogens with one attached hydrogen (secondary N) is 1. The van der Waals surface area contributed by atoms with E-state index < -0.39 is 0 Å². The third kappa shape index (κ3) is 4.09. The van der Waals surface area contributed by atoms with Gasteiger partial charge in [-0.2, -0.15) is 5.10 Å². The first-order chi connectivity index (χ1) is 12.2. The van der Waals surface area contributed by atoms with Crippen LogP contribution in [0.1, 0.15) is 22.8 Å². The summed E-state index contributed by atoms with van der Waals surface area (Å²) in [6, 6.07) is 11.5. The molecular weight excluding hydrogens is 332 g/mol. The number of hydrogen-bond acceptors (Lipinski definition) is 4. The molecule has 6 heteroatoms. The SMILES string of the molecule is CCSc1ccccc1C(=O)NCc1cccnc1-c1cnn(C)c1. The summed E-state index contributed by atoms with van der Waals surface area (Å²) in [7, 11) is 1.87. The van der Waals surface area contributed by atoms with Gasteiger partial charge in [-0.1, -0.05) is 25.1 Å². The van der Waals surface area contributed by atoms with Crippen molar-refractivity contribution in [2.24, 2.45) is 7.05 Å². The predicted octanol–water partition coefficient (Wildman–Crippen LogP) is 3.52. The van der Waals surface area contributed by atoms with Crippen LogP contribution in [0.2, 0.25) is 0 Å². The predicted molar refractivity (Wildman–Crippen MR) is 100 cm³/mol. The number of rotatable bonds is 6. The first kappa shape index (κ1) is 17.2. The summed E-state index contributed by atoms with van der Waals surface area (Å²) in [5.74, 6) is 0.857. The Balaban J connectivity index is 1.77. The molecule has 0 radical (unpaired) electrons. The Bertz CT molecular complexity index is 875. The van der Waals surface area contributed by atoms with Gasteiger partial charge in [0.05, 0.1) is 17.5 Å². The van der Waals surface area contributed by atoms with Crippen LogP contribution < -0.4 is 5.32 Å². The Labute approximate surface area is 151 Å². The highest BCUT2D eigenvalue weighted by Crippen LogP contribution is 2.23. The monoisotopic (exact) mass is 352 g/mol. The van der Waals surface area contributed by atoms with Gasteiger partial charge in [-0.15, -0.1) is 11.8 Å². The average Bonchev–Trinajstić information content (AvgIpc) is 3.07. The van der Waals surface area contributed by atoms with Gasteiger partial charge in [0, 0.05) is 36.4 Å². The smallest absolute Gasteiger partial charge is 0.252 e. The normalized spacial score (nSPS) is 10.6. The molecule has 2 heterocycles. The fourth-order valence-corrected chi connectivity index (χ4v) is 3.39. The Morgan fingerprint density at radius 3 is 2.84 bits per heavy atom. The highest BCUT2D eigenvalue weighted by molar-refractivity contribution is 7.99. The quantitative estimate of drug-likeness (QED) is 0.690. The van der Waals surface area contributed by atoms with Crippen molar-refractivity contribution < 1.29 is 4.79 Å². The molecule has 3 aromatic rings. The number of amides is 1. The average molecular weight is 352 g/mol. The molecule has 0 aliphatic carbocycles. The number of carbonyl (C=O) groups is 1. The van der Waals surface area contributed by atoms with E-state index >= 15 is 0 Å². The van der Waals surface area contributed by atoms with E-state index in [-0.39, 0.29) is 5.91 Å². The van der Waals surface area contributed by atoms with E-state index in [0.717, 1.165) is 27.5 Å². The van der Waals surface area contributed by atoms with E-state index in [1.807, 2.05) is 49.6 Å². The highest BCUT2D eigenvalue weighted by atomic mass is 32.2. The molecule has 1 N–H and O–H groups in total. The molecule has 0 saturated carbocycles. The number of hydrogen-bond donors (Lipinski definition) is 1.